The highest BCUT2D eigenvalue weighted by atomic mass is 35.5. The van der Waals surface area contributed by atoms with Crippen molar-refractivity contribution in [2.24, 2.45) is 0 Å². The average molecular weight is 342 g/mol. The summed E-state index contributed by atoms with van der Waals surface area (Å²) in [6, 6.07) is 15.5. The summed E-state index contributed by atoms with van der Waals surface area (Å²) in [5, 5.41) is 3.99. The lowest BCUT2D eigenvalue weighted by Crippen LogP contribution is -2.38. The minimum atomic E-state index is -0.741. The van der Waals surface area contributed by atoms with E-state index in [4.69, 9.17) is 16.3 Å². The summed E-state index contributed by atoms with van der Waals surface area (Å²) in [4.78, 5) is 12.3. The number of fused-ring (bicyclic) bond motifs is 1. The Labute approximate surface area is 147 Å². The normalized spacial score (nSPS) is 20.4. The van der Waals surface area contributed by atoms with Gasteiger partial charge in [-0.1, -0.05) is 48.0 Å². The quantitative estimate of drug-likeness (QED) is 0.678. The zero-order valence-electron chi connectivity index (χ0n) is 13.6. The number of carbonyl (C=O) groups excluding carboxylic acids is 1. The summed E-state index contributed by atoms with van der Waals surface area (Å²) in [7, 11) is 0. The third-order valence-electron chi connectivity index (χ3n) is 4.21. The van der Waals surface area contributed by atoms with Gasteiger partial charge in [-0.05, 0) is 49.2 Å². The highest BCUT2D eigenvalue weighted by Gasteiger charge is 2.34. The van der Waals surface area contributed by atoms with E-state index in [2.05, 4.69) is 5.32 Å². The highest BCUT2D eigenvalue weighted by Crippen LogP contribution is 2.32. The Hall–Kier alpha value is -2.10. The monoisotopic (exact) mass is 341 g/mol. The van der Waals surface area contributed by atoms with E-state index >= 15 is 0 Å². The first-order valence-electron chi connectivity index (χ1n) is 8.02. The number of rotatable bonds is 3. The number of carbonyl (C=O) groups is 1. The molecule has 4 heteroatoms. The van der Waals surface area contributed by atoms with E-state index in [1.165, 1.54) is 6.08 Å². The molecule has 2 aromatic carbocycles. The van der Waals surface area contributed by atoms with Crippen molar-refractivity contribution >= 4 is 23.6 Å². The molecule has 0 unspecified atom stereocenters. The maximum atomic E-state index is 12.3. The van der Waals surface area contributed by atoms with Gasteiger partial charge < -0.3 is 10.1 Å². The second-order valence-electron chi connectivity index (χ2n) is 6.12. The number of halogens is 1. The summed E-state index contributed by atoms with van der Waals surface area (Å²) in [5.74, 6) is -0.365. The number of ether oxygens (including phenoxy) is 1. The second-order valence-corrected chi connectivity index (χ2v) is 6.56. The Bertz CT molecular complexity index is 757. The van der Waals surface area contributed by atoms with Crippen molar-refractivity contribution in [3.63, 3.8) is 0 Å². The molecule has 1 heterocycles. The summed E-state index contributed by atoms with van der Waals surface area (Å²) in [6.45, 7) is 3.33. The highest BCUT2D eigenvalue weighted by molar-refractivity contribution is 6.30. The van der Waals surface area contributed by atoms with Gasteiger partial charge in [0, 0.05) is 23.2 Å². The van der Waals surface area contributed by atoms with Crippen LogP contribution in [0, 0.1) is 0 Å². The number of benzene rings is 2. The van der Waals surface area contributed by atoms with Crippen molar-refractivity contribution in [1.29, 1.82) is 0 Å². The molecule has 1 N–H and O–H groups in total. The van der Waals surface area contributed by atoms with E-state index < -0.39 is 5.60 Å². The smallest absolute Gasteiger partial charge is 0.331 e. The van der Waals surface area contributed by atoms with Crippen LogP contribution < -0.4 is 5.32 Å². The Morgan fingerprint density at radius 2 is 2.04 bits per heavy atom. The fraction of sp³-hybridized carbons (Fsp3) is 0.250. The van der Waals surface area contributed by atoms with Gasteiger partial charge in [0.1, 0.15) is 5.60 Å². The predicted octanol–water partition coefficient (Wildman–Crippen LogP) is 3.96. The van der Waals surface area contributed by atoms with Crippen LogP contribution in [0.2, 0.25) is 5.02 Å². The molecule has 0 saturated carbocycles. The Kier molecular flexibility index (Phi) is 5.03. The zero-order chi connectivity index (χ0) is 17.0. The van der Waals surface area contributed by atoms with Crippen molar-refractivity contribution < 1.29 is 9.53 Å². The van der Waals surface area contributed by atoms with Crippen LogP contribution in [0.1, 0.15) is 23.6 Å². The van der Waals surface area contributed by atoms with Crippen LogP contribution in [0.4, 0.5) is 0 Å². The van der Waals surface area contributed by atoms with Gasteiger partial charge in [-0.3, -0.25) is 0 Å². The van der Waals surface area contributed by atoms with Crippen LogP contribution in [0.5, 0.6) is 0 Å². The first kappa shape index (κ1) is 16.7. The van der Waals surface area contributed by atoms with Crippen molar-refractivity contribution in [3.8, 4) is 0 Å². The van der Waals surface area contributed by atoms with Crippen LogP contribution >= 0.6 is 11.6 Å². The second kappa shape index (κ2) is 7.20. The van der Waals surface area contributed by atoms with Gasteiger partial charge in [0.05, 0.1) is 0 Å². The zero-order valence-corrected chi connectivity index (χ0v) is 14.3. The van der Waals surface area contributed by atoms with E-state index in [1.54, 1.807) is 6.08 Å². The molecule has 0 radical (unpaired) electrons. The molecule has 0 fully saturated rings. The van der Waals surface area contributed by atoms with E-state index in [9.17, 15) is 4.79 Å². The van der Waals surface area contributed by atoms with Crippen molar-refractivity contribution in [2.45, 2.75) is 18.9 Å². The topological polar surface area (TPSA) is 38.3 Å². The van der Waals surface area contributed by atoms with Gasteiger partial charge in [0.25, 0.3) is 0 Å². The molecule has 24 heavy (non-hydrogen) atoms. The van der Waals surface area contributed by atoms with Gasteiger partial charge in [0.15, 0.2) is 0 Å². The molecular formula is C20H20ClNO2. The summed E-state index contributed by atoms with van der Waals surface area (Å²) in [6.07, 6.45) is 4.11. The molecule has 3 rings (SSSR count). The lowest BCUT2D eigenvalue weighted by molar-refractivity contribution is -0.152. The molecule has 0 aromatic heterocycles. The van der Waals surface area contributed by atoms with Gasteiger partial charge in [-0.25, -0.2) is 4.79 Å². The maximum Gasteiger partial charge on any atom is 0.331 e. The SMILES string of the molecule is C[C@]1(OC(=O)/C=C/c2ccccc2)CNCCc2ccc(Cl)cc21. The van der Waals surface area contributed by atoms with E-state index in [-0.39, 0.29) is 5.97 Å². The largest absolute Gasteiger partial charge is 0.450 e. The summed E-state index contributed by atoms with van der Waals surface area (Å²) < 4.78 is 5.82. The Balaban J connectivity index is 1.82. The number of esters is 1. The van der Waals surface area contributed by atoms with Crippen molar-refractivity contribution in [1.82, 2.24) is 5.32 Å². The summed E-state index contributed by atoms with van der Waals surface area (Å²) >= 11 is 6.16. The standard InChI is InChI=1S/C20H20ClNO2/c1-20(24-19(23)10-7-15-5-3-2-4-6-15)14-22-12-11-16-8-9-17(21)13-18(16)20/h2-10,13,22H,11-12,14H2,1H3/b10-7+/t20-/m0/s1. The van der Waals surface area contributed by atoms with Gasteiger partial charge in [0.2, 0.25) is 0 Å². The first-order valence-corrected chi connectivity index (χ1v) is 8.40. The van der Waals surface area contributed by atoms with Gasteiger partial charge >= 0.3 is 5.97 Å². The molecule has 0 saturated heterocycles. The summed E-state index contributed by atoms with van der Waals surface area (Å²) in [5.41, 5.74) is 2.35. The van der Waals surface area contributed by atoms with Crippen molar-refractivity contribution in [2.75, 3.05) is 13.1 Å². The molecule has 0 bridgehead atoms. The third kappa shape index (κ3) is 3.86. The predicted molar refractivity (Wildman–Crippen MR) is 96.9 cm³/mol. The molecular weight excluding hydrogens is 322 g/mol. The van der Waals surface area contributed by atoms with Crippen LogP contribution in [0.25, 0.3) is 6.08 Å². The molecule has 0 spiro atoms. The fourth-order valence-electron chi connectivity index (χ4n) is 2.98. The lowest BCUT2D eigenvalue weighted by Gasteiger charge is -2.30. The Morgan fingerprint density at radius 1 is 1.25 bits per heavy atom. The van der Waals surface area contributed by atoms with E-state index in [1.807, 2.05) is 55.5 Å². The maximum absolute atomic E-state index is 12.3. The number of nitrogens with one attached hydrogen (secondary N) is 1. The molecule has 1 aliphatic heterocycles. The number of hydrogen-bond donors (Lipinski definition) is 1. The van der Waals surface area contributed by atoms with Crippen LogP contribution in [-0.4, -0.2) is 19.1 Å². The van der Waals surface area contributed by atoms with E-state index in [0.717, 1.165) is 29.7 Å². The molecule has 1 aliphatic rings. The third-order valence-corrected chi connectivity index (χ3v) is 4.45. The van der Waals surface area contributed by atoms with Crippen LogP contribution in [0.15, 0.2) is 54.6 Å². The van der Waals surface area contributed by atoms with E-state index in [0.29, 0.717) is 11.6 Å². The lowest BCUT2D eigenvalue weighted by atomic mass is 9.91. The van der Waals surface area contributed by atoms with Crippen LogP contribution in [-0.2, 0) is 21.6 Å². The molecule has 0 aliphatic carbocycles. The molecule has 1 atom stereocenters. The minimum Gasteiger partial charge on any atom is -0.450 e. The Morgan fingerprint density at radius 3 is 2.83 bits per heavy atom. The molecule has 0 amide bonds. The first-order chi connectivity index (χ1) is 11.6. The molecule has 3 nitrogen and oxygen atoms in total. The van der Waals surface area contributed by atoms with Crippen LogP contribution in [0.3, 0.4) is 0 Å². The van der Waals surface area contributed by atoms with Crippen molar-refractivity contribution in [3.05, 3.63) is 76.3 Å². The minimum absolute atomic E-state index is 0.365. The van der Waals surface area contributed by atoms with Gasteiger partial charge in [-0.2, -0.15) is 0 Å². The average Bonchev–Trinajstić information content (AvgIpc) is 2.73. The molecule has 2 aromatic rings. The fourth-order valence-corrected chi connectivity index (χ4v) is 3.15. The number of hydrogen-bond acceptors (Lipinski definition) is 3. The van der Waals surface area contributed by atoms with Gasteiger partial charge in [-0.15, -0.1) is 0 Å². The molecule has 124 valence electrons.